The number of aromatic hydroxyl groups is 2. The number of hydrogen-bond acceptors (Lipinski definition) is 4. The van der Waals surface area contributed by atoms with Gasteiger partial charge in [0, 0.05) is 0 Å². The molecule has 0 aliphatic carbocycles. The van der Waals surface area contributed by atoms with Gasteiger partial charge in [-0.1, -0.05) is 19.1 Å². The summed E-state index contributed by atoms with van der Waals surface area (Å²) >= 11 is 0. The van der Waals surface area contributed by atoms with E-state index in [9.17, 15) is 41.7 Å². The Morgan fingerprint density at radius 3 is 1.55 bits per heavy atom. The van der Waals surface area contributed by atoms with Crippen molar-refractivity contribution in [2.24, 2.45) is 0 Å². The topological polar surface area (TPSA) is 80.9 Å². The summed E-state index contributed by atoms with van der Waals surface area (Å²) in [5.41, 5.74) is -5.64. The first-order chi connectivity index (χ1) is 13.9. The monoisotopic (exact) mass is 454 g/mol. The van der Waals surface area contributed by atoms with Crippen molar-refractivity contribution >= 4 is 0 Å². The Hall–Kier alpha value is -2.46. The molecule has 2 atom stereocenters. The highest BCUT2D eigenvalue weighted by molar-refractivity contribution is 5.45. The van der Waals surface area contributed by atoms with Gasteiger partial charge in [0.2, 0.25) is 0 Å². The lowest BCUT2D eigenvalue weighted by molar-refractivity contribution is -0.259. The molecule has 0 saturated heterocycles. The third kappa shape index (κ3) is 5.82. The summed E-state index contributed by atoms with van der Waals surface area (Å²) in [7, 11) is 0. The average Bonchev–Trinajstić information content (AvgIpc) is 2.62. The summed E-state index contributed by atoms with van der Waals surface area (Å²) in [5.74, 6) is -0.166. The molecule has 4 N–H and O–H groups in total. The molecule has 0 fully saturated rings. The van der Waals surface area contributed by atoms with Crippen molar-refractivity contribution in [3.63, 3.8) is 0 Å². The second-order valence-corrected chi connectivity index (χ2v) is 7.34. The molecule has 0 aliphatic heterocycles. The molecule has 2 unspecified atom stereocenters. The van der Waals surface area contributed by atoms with Gasteiger partial charge in [-0.3, -0.25) is 0 Å². The first kappa shape index (κ1) is 26.6. The minimum absolute atomic E-state index is 0.0192. The predicted octanol–water partition coefficient (Wildman–Crippen LogP) is 5.19. The van der Waals surface area contributed by atoms with Gasteiger partial charge in [-0.2, -0.15) is 26.3 Å². The number of phenols is 2. The van der Waals surface area contributed by atoms with Gasteiger partial charge in [-0.25, -0.2) is 0 Å². The Balaban J connectivity index is 0.000000316. The summed E-state index contributed by atoms with van der Waals surface area (Å²) in [4.78, 5) is 0. The van der Waals surface area contributed by atoms with Crippen LogP contribution in [-0.4, -0.2) is 32.8 Å². The molecule has 0 aromatic heterocycles. The van der Waals surface area contributed by atoms with E-state index in [0.29, 0.717) is 31.4 Å². The van der Waals surface area contributed by atoms with Crippen molar-refractivity contribution in [1.82, 2.24) is 0 Å². The Morgan fingerprint density at radius 1 is 0.742 bits per heavy atom. The Bertz CT molecular complexity index is 884. The third-order valence-electron chi connectivity index (χ3n) is 4.86. The Kier molecular flexibility index (Phi) is 7.68. The van der Waals surface area contributed by atoms with Crippen LogP contribution in [-0.2, 0) is 17.6 Å². The molecule has 0 radical (unpaired) electrons. The van der Waals surface area contributed by atoms with Gasteiger partial charge in [0.25, 0.3) is 0 Å². The fourth-order valence-corrected chi connectivity index (χ4v) is 2.52. The molecule has 31 heavy (non-hydrogen) atoms. The molecule has 0 aliphatic rings. The quantitative estimate of drug-likeness (QED) is 0.481. The molecule has 0 spiro atoms. The van der Waals surface area contributed by atoms with Gasteiger partial charge in [0.15, 0.2) is 11.2 Å². The van der Waals surface area contributed by atoms with Crippen molar-refractivity contribution in [1.29, 1.82) is 0 Å². The fourth-order valence-electron chi connectivity index (χ4n) is 2.52. The van der Waals surface area contributed by atoms with Gasteiger partial charge in [-0.05, 0) is 73.7 Å². The molecule has 2 rings (SSSR count). The van der Waals surface area contributed by atoms with Crippen molar-refractivity contribution in [2.45, 2.75) is 57.7 Å². The van der Waals surface area contributed by atoms with Gasteiger partial charge < -0.3 is 20.4 Å². The number of phenolic OH excluding ortho intramolecular Hbond substituents is 2. The molecule has 0 saturated carbocycles. The standard InChI is InChI=1S/C12H15F3O2.C9H9F3O2/c1-4-8-6-9(5-7(2)10(8)16)11(3,17)12(13,14)15;1-8(14,9(10,11)12)6-2-4-7(13)5-3-6/h5-6,16-17H,4H2,1-3H3;2-5,13-14H,1H3. The van der Waals surface area contributed by atoms with E-state index < -0.39 is 23.6 Å². The molecule has 4 nitrogen and oxygen atoms in total. The molecule has 10 heteroatoms. The van der Waals surface area contributed by atoms with Gasteiger partial charge in [0.1, 0.15) is 11.5 Å². The van der Waals surface area contributed by atoms with Crippen LogP contribution in [0.15, 0.2) is 36.4 Å². The molecule has 2 aromatic carbocycles. The van der Waals surface area contributed by atoms with Crippen LogP contribution in [0.25, 0.3) is 0 Å². The number of aryl methyl sites for hydroxylation is 2. The number of alkyl halides is 6. The van der Waals surface area contributed by atoms with Gasteiger partial charge in [-0.15, -0.1) is 0 Å². The van der Waals surface area contributed by atoms with Crippen LogP contribution >= 0.6 is 0 Å². The van der Waals surface area contributed by atoms with E-state index in [1.807, 2.05) is 0 Å². The lowest BCUT2D eigenvalue weighted by atomic mass is 9.91. The van der Waals surface area contributed by atoms with E-state index in [0.717, 1.165) is 30.3 Å². The highest BCUT2D eigenvalue weighted by Crippen LogP contribution is 2.41. The van der Waals surface area contributed by atoms with Gasteiger partial charge >= 0.3 is 12.4 Å². The number of halogens is 6. The number of rotatable bonds is 3. The van der Waals surface area contributed by atoms with Crippen LogP contribution in [0.2, 0.25) is 0 Å². The number of hydrogen-bond donors (Lipinski definition) is 4. The summed E-state index contributed by atoms with van der Waals surface area (Å²) in [6.45, 7) is 4.60. The summed E-state index contributed by atoms with van der Waals surface area (Å²) in [6, 6.07) is 6.59. The molecule has 174 valence electrons. The maximum atomic E-state index is 12.7. The zero-order valence-corrected chi connectivity index (χ0v) is 17.2. The second kappa shape index (κ2) is 8.96. The van der Waals surface area contributed by atoms with Crippen molar-refractivity contribution in [2.75, 3.05) is 0 Å². The fraction of sp³-hybridized carbons (Fsp3) is 0.429. The molecule has 0 bridgehead atoms. The molecule has 0 amide bonds. The van der Waals surface area contributed by atoms with Gasteiger partial charge in [0.05, 0.1) is 0 Å². The van der Waals surface area contributed by atoms with Crippen molar-refractivity contribution in [3.05, 3.63) is 58.7 Å². The van der Waals surface area contributed by atoms with Crippen LogP contribution in [0.1, 0.15) is 43.0 Å². The highest BCUT2D eigenvalue weighted by Gasteiger charge is 2.52. The number of benzene rings is 2. The SMILES string of the molecule is CC(O)(c1ccc(O)cc1)C(F)(F)F.CCc1cc(C(C)(O)C(F)(F)F)cc(C)c1O. The van der Waals surface area contributed by atoms with Crippen molar-refractivity contribution in [3.8, 4) is 11.5 Å². The summed E-state index contributed by atoms with van der Waals surface area (Å²) in [5, 5.41) is 37.2. The second-order valence-electron chi connectivity index (χ2n) is 7.34. The maximum absolute atomic E-state index is 12.7. The van der Waals surface area contributed by atoms with Crippen molar-refractivity contribution < 1.29 is 46.8 Å². The van der Waals surface area contributed by atoms with E-state index >= 15 is 0 Å². The highest BCUT2D eigenvalue weighted by atomic mass is 19.4. The van der Waals surface area contributed by atoms with Crippen LogP contribution in [0.3, 0.4) is 0 Å². The molecular weight excluding hydrogens is 430 g/mol. The lowest BCUT2D eigenvalue weighted by Crippen LogP contribution is -2.39. The van der Waals surface area contributed by atoms with E-state index in [1.165, 1.54) is 13.0 Å². The van der Waals surface area contributed by atoms with E-state index in [-0.39, 0.29) is 22.6 Å². The Morgan fingerprint density at radius 2 is 1.16 bits per heavy atom. The largest absolute Gasteiger partial charge is 0.508 e. The Labute approximate surface area is 175 Å². The molecular formula is C21H24F6O4. The number of aliphatic hydroxyl groups is 2. The van der Waals surface area contributed by atoms with Crippen LogP contribution in [0.5, 0.6) is 11.5 Å². The van der Waals surface area contributed by atoms with Crippen LogP contribution in [0, 0.1) is 6.92 Å². The predicted molar refractivity (Wildman–Crippen MR) is 102 cm³/mol. The first-order valence-corrected chi connectivity index (χ1v) is 9.07. The maximum Gasteiger partial charge on any atom is 0.421 e. The molecule has 2 aromatic rings. The molecule has 0 heterocycles. The normalized spacial score (nSPS) is 16.0. The van der Waals surface area contributed by atoms with E-state index in [4.69, 9.17) is 5.11 Å². The van der Waals surface area contributed by atoms with Crippen LogP contribution in [0.4, 0.5) is 26.3 Å². The smallest absolute Gasteiger partial charge is 0.421 e. The first-order valence-electron chi connectivity index (χ1n) is 9.07. The minimum atomic E-state index is -4.75. The van der Waals surface area contributed by atoms with E-state index in [2.05, 4.69) is 0 Å². The zero-order valence-electron chi connectivity index (χ0n) is 17.2. The van der Waals surface area contributed by atoms with Crippen LogP contribution < -0.4 is 0 Å². The third-order valence-corrected chi connectivity index (χ3v) is 4.86. The average molecular weight is 454 g/mol. The summed E-state index contributed by atoms with van der Waals surface area (Å²) in [6.07, 6.45) is -9.08. The summed E-state index contributed by atoms with van der Waals surface area (Å²) < 4.78 is 74.9. The minimum Gasteiger partial charge on any atom is -0.508 e. The zero-order chi connectivity index (χ0) is 24.4. The lowest BCUT2D eigenvalue weighted by Gasteiger charge is -2.27. The van der Waals surface area contributed by atoms with E-state index in [1.54, 1.807) is 6.92 Å².